The van der Waals surface area contributed by atoms with Gasteiger partial charge in [0, 0.05) is 13.0 Å². The fourth-order valence-corrected chi connectivity index (χ4v) is 3.24. The van der Waals surface area contributed by atoms with Crippen LogP contribution in [0.15, 0.2) is 34.7 Å². The van der Waals surface area contributed by atoms with Crippen LogP contribution in [0.5, 0.6) is 5.75 Å². The zero-order valence-corrected chi connectivity index (χ0v) is 15.1. The summed E-state index contributed by atoms with van der Waals surface area (Å²) in [5, 5.41) is 9.06. The first-order valence-corrected chi connectivity index (χ1v) is 8.49. The Morgan fingerprint density at radius 2 is 2.00 bits per heavy atom. The summed E-state index contributed by atoms with van der Waals surface area (Å²) >= 11 is 0. The average Bonchev–Trinajstić information content (AvgIpc) is 3.29. The van der Waals surface area contributed by atoms with Gasteiger partial charge in [0.05, 0.1) is 6.54 Å². The van der Waals surface area contributed by atoms with Crippen molar-refractivity contribution in [1.29, 1.82) is 0 Å². The number of para-hydroxylation sites is 1. The van der Waals surface area contributed by atoms with Gasteiger partial charge in [-0.25, -0.2) is 4.79 Å². The number of halogens is 3. The second-order valence-electron chi connectivity index (χ2n) is 6.72. The molecule has 0 saturated heterocycles. The number of hydrogen-bond acceptors (Lipinski definition) is 4. The largest absolute Gasteiger partial charge is 0.573 e. The zero-order valence-electron chi connectivity index (χ0n) is 15.1. The molecule has 1 saturated carbocycles. The lowest BCUT2D eigenvalue weighted by atomic mass is 10.1. The molecule has 0 spiro atoms. The Labute approximate surface area is 158 Å². The number of carboxylic acids is 1. The predicted octanol–water partition coefficient (Wildman–Crippen LogP) is 3.95. The maximum Gasteiger partial charge on any atom is 0.573 e. The van der Waals surface area contributed by atoms with Crippen LogP contribution in [0.2, 0.25) is 0 Å². The molecular formula is C19H18F3NO5. The van der Waals surface area contributed by atoms with Gasteiger partial charge >= 0.3 is 12.3 Å². The van der Waals surface area contributed by atoms with E-state index in [2.05, 4.69) is 4.74 Å². The van der Waals surface area contributed by atoms with Gasteiger partial charge in [0.25, 0.3) is 0 Å². The van der Waals surface area contributed by atoms with Gasteiger partial charge in [0.15, 0.2) is 0 Å². The van der Waals surface area contributed by atoms with E-state index >= 15 is 0 Å². The van der Waals surface area contributed by atoms with E-state index in [1.165, 1.54) is 43.1 Å². The van der Waals surface area contributed by atoms with Gasteiger partial charge in [-0.2, -0.15) is 0 Å². The number of alkyl halides is 3. The van der Waals surface area contributed by atoms with Crippen LogP contribution >= 0.6 is 0 Å². The minimum Gasteiger partial charge on any atom is -0.478 e. The van der Waals surface area contributed by atoms with Crippen LogP contribution in [0.4, 0.5) is 13.2 Å². The summed E-state index contributed by atoms with van der Waals surface area (Å²) in [5.41, 5.74) is 0.368. The average molecular weight is 397 g/mol. The van der Waals surface area contributed by atoms with Gasteiger partial charge in [0.2, 0.25) is 5.91 Å². The van der Waals surface area contributed by atoms with Crippen LogP contribution in [0, 0.1) is 12.8 Å². The van der Waals surface area contributed by atoms with Crippen LogP contribution in [0.3, 0.4) is 0 Å². The SMILES string of the molecule is Cc1oc(CN(C)C(=O)[C@@H]2C[C@@H]2c2ccccc2OC(F)(F)F)cc1C(=O)O. The van der Waals surface area contributed by atoms with Gasteiger partial charge in [-0.15, -0.1) is 13.2 Å². The number of ether oxygens (including phenoxy) is 1. The molecule has 0 unspecified atom stereocenters. The van der Waals surface area contributed by atoms with Crippen molar-refractivity contribution in [1.82, 2.24) is 4.90 Å². The first-order valence-electron chi connectivity index (χ1n) is 8.49. The number of aryl methyl sites for hydroxylation is 1. The lowest BCUT2D eigenvalue weighted by molar-refractivity contribution is -0.274. The molecule has 1 fully saturated rings. The summed E-state index contributed by atoms with van der Waals surface area (Å²) in [6, 6.07) is 7.15. The van der Waals surface area contributed by atoms with E-state index in [0.717, 1.165) is 0 Å². The summed E-state index contributed by atoms with van der Waals surface area (Å²) in [6.07, 6.45) is -4.39. The summed E-state index contributed by atoms with van der Waals surface area (Å²) < 4.78 is 47.1. The number of carboxylic acid groups (broad SMARTS) is 1. The van der Waals surface area contributed by atoms with Crippen molar-refractivity contribution in [3.05, 3.63) is 53.0 Å². The minimum absolute atomic E-state index is 0.0263. The molecule has 2 atom stereocenters. The van der Waals surface area contributed by atoms with Crippen molar-refractivity contribution in [2.24, 2.45) is 5.92 Å². The summed E-state index contributed by atoms with van der Waals surface area (Å²) in [5.74, 6) is -1.93. The highest BCUT2D eigenvalue weighted by Crippen LogP contribution is 2.51. The molecule has 9 heteroatoms. The van der Waals surface area contributed by atoms with Crippen molar-refractivity contribution in [3.8, 4) is 5.75 Å². The fourth-order valence-electron chi connectivity index (χ4n) is 3.24. The predicted molar refractivity (Wildman–Crippen MR) is 90.9 cm³/mol. The summed E-state index contributed by atoms with van der Waals surface area (Å²) in [4.78, 5) is 25.1. The van der Waals surface area contributed by atoms with E-state index in [0.29, 0.717) is 17.7 Å². The van der Waals surface area contributed by atoms with Gasteiger partial charge in [-0.3, -0.25) is 4.79 Å². The Kier molecular flexibility index (Phi) is 5.10. The Hall–Kier alpha value is -2.97. The van der Waals surface area contributed by atoms with Crippen LogP contribution in [-0.2, 0) is 11.3 Å². The van der Waals surface area contributed by atoms with Crippen molar-refractivity contribution in [2.75, 3.05) is 7.05 Å². The van der Waals surface area contributed by atoms with E-state index in [1.807, 2.05) is 0 Å². The lowest BCUT2D eigenvalue weighted by Crippen LogP contribution is -2.28. The number of amides is 1. The monoisotopic (exact) mass is 397 g/mol. The van der Waals surface area contributed by atoms with Crippen molar-refractivity contribution in [3.63, 3.8) is 0 Å². The standard InChI is InChI=1S/C19H18F3NO5/c1-10-13(18(25)26)7-11(27-10)9-23(2)17(24)15-8-14(15)12-5-3-4-6-16(12)28-19(20,21)22/h3-7,14-15H,8-9H2,1-2H3,(H,25,26)/t14-,15-/m1/s1. The number of carbonyl (C=O) groups is 2. The molecule has 28 heavy (non-hydrogen) atoms. The van der Waals surface area contributed by atoms with E-state index in [-0.39, 0.29) is 35.4 Å². The molecule has 1 heterocycles. The van der Waals surface area contributed by atoms with Crippen LogP contribution in [0.1, 0.15) is 39.8 Å². The number of nitrogens with zero attached hydrogens (tertiary/aromatic N) is 1. The Balaban J connectivity index is 1.67. The van der Waals surface area contributed by atoms with E-state index in [1.54, 1.807) is 6.07 Å². The maximum absolute atomic E-state index is 12.6. The Morgan fingerprint density at radius 1 is 1.32 bits per heavy atom. The number of aromatic carboxylic acids is 1. The number of rotatable bonds is 6. The number of carbonyl (C=O) groups excluding carboxylic acids is 1. The number of furan rings is 1. The van der Waals surface area contributed by atoms with Crippen molar-refractivity contribution in [2.45, 2.75) is 32.2 Å². The van der Waals surface area contributed by atoms with Crippen molar-refractivity contribution >= 4 is 11.9 Å². The van der Waals surface area contributed by atoms with E-state index in [9.17, 15) is 22.8 Å². The second-order valence-corrected chi connectivity index (χ2v) is 6.72. The smallest absolute Gasteiger partial charge is 0.478 e. The molecule has 1 aliphatic rings. The zero-order chi connectivity index (χ0) is 20.6. The highest BCUT2D eigenvalue weighted by Gasteiger charge is 2.47. The van der Waals surface area contributed by atoms with Gasteiger partial charge in [-0.05, 0) is 37.0 Å². The third-order valence-electron chi connectivity index (χ3n) is 4.62. The molecule has 1 amide bonds. The van der Waals surface area contributed by atoms with Crippen LogP contribution in [0.25, 0.3) is 0 Å². The molecule has 1 aliphatic carbocycles. The lowest BCUT2D eigenvalue weighted by Gasteiger charge is -2.16. The molecule has 0 bridgehead atoms. The van der Waals surface area contributed by atoms with Gasteiger partial charge in [-0.1, -0.05) is 18.2 Å². The first kappa shape index (κ1) is 19.8. The molecule has 0 radical (unpaired) electrons. The van der Waals surface area contributed by atoms with Crippen LogP contribution in [-0.4, -0.2) is 35.3 Å². The van der Waals surface area contributed by atoms with Crippen LogP contribution < -0.4 is 4.74 Å². The molecule has 1 aromatic heterocycles. The molecule has 1 N–H and O–H groups in total. The maximum atomic E-state index is 12.6. The summed E-state index contributed by atoms with van der Waals surface area (Å²) in [6.45, 7) is 1.58. The molecule has 1 aromatic carbocycles. The van der Waals surface area contributed by atoms with Gasteiger partial charge in [0.1, 0.15) is 22.8 Å². The molecule has 150 valence electrons. The topological polar surface area (TPSA) is 80.0 Å². The Bertz CT molecular complexity index is 905. The fraction of sp³-hybridized carbons (Fsp3) is 0.368. The third kappa shape index (κ3) is 4.29. The normalized spacial score (nSPS) is 18.6. The minimum atomic E-state index is -4.81. The third-order valence-corrected chi connectivity index (χ3v) is 4.62. The quantitative estimate of drug-likeness (QED) is 0.799. The highest BCUT2D eigenvalue weighted by atomic mass is 19.4. The molecule has 6 nitrogen and oxygen atoms in total. The highest BCUT2D eigenvalue weighted by molar-refractivity contribution is 5.89. The first-order chi connectivity index (χ1) is 13.1. The molecular weight excluding hydrogens is 379 g/mol. The van der Waals surface area contributed by atoms with Gasteiger partial charge < -0.3 is 19.2 Å². The number of benzene rings is 1. The van der Waals surface area contributed by atoms with Crippen molar-refractivity contribution < 1.29 is 37.0 Å². The van der Waals surface area contributed by atoms with E-state index < -0.39 is 18.2 Å². The number of hydrogen-bond donors (Lipinski definition) is 1. The molecule has 0 aliphatic heterocycles. The summed E-state index contributed by atoms with van der Waals surface area (Å²) in [7, 11) is 1.54. The molecule has 2 aromatic rings. The Morgan fingerprint density at radius 3 is 2.61 bits per heavy atom. The van der Waals surface area contributed by atoms with E-state index in [4.69, 9.17) is 9.52 Å². The molecule has 3 rings (SSSR count). The second kappa shape index (κ2) is 7.21.